The van der Waals surface area contributed by atoms with Crippen molar-refractivity contribution in [2.45, 2.75) is 33.6 Å². The van der Waals surface area contributed by atoms with Gasteiger partial charge in [-0.25, -0.2) is 4.39 Å². The highest BCUT2D eigenvalue weighted by Gasteiger charge is 2.13. The first-order valence-corrected chi connectivity index (χ1v) is 6.67. The summed E-state index contributed by atoms with van der Waals surface area (Å²) in [5.74, 6) is 0.00829. The van der Waals surface area contributed by atoms with Crippen molar-refractivity contribution in [2.24, 2.45) is 5.92 Å². The van der Waals surface area contributed by atoms with Crippen LogP contribution >= 0.6 is 0 Å². The van der Waals surface area contributed by atoms with Crippen molar-refractivity contribution >= 4 is 5.91 Å². The molecule has 0 N–H and O–H groups in total. The second-order valence-electron chi connectivity index (χ2n) is 4.95. The van der Waals surface area contributed by atoms with Crippen LogP contribution in [0.1, 0.15) is 44.0 Å². The molecule has 1 aromatic carbocycles. The van der Waals surface area contributed by atoms with Crippen LogP contribution in [0.3, 0.4) is 0 Å². The van der Waals surface area contributed by atoms with Gasteiger partial charge in [0.05, 0.1) is 0 Å². The SMILES string of the molecule is CCCC(C)C=C(C)N(C)C(=O)c1ccc(F)cc1. The number of nitrogens with zero attached hydrogens (tertiary/aromatic N) is 1. The van der Waals surface area contributed by atoms with Crippen LogP contribution in [-0.4, -0.2) is 17.9 Å². The molecule has 0 heterocycles. The van der Waals surface area contributed by atoms with E-state index in [4.69, 9.17) is 0 Å². The van der Waals surface area contributed by atoms with Gasteiger partial charge in [-0.15, -0.1) is 0 Å². The molecule has 0 saturated heterocycles. The predicted octanol–water partition coefficient (Wildman–Crippen LogP) is 4.24. The number of allylic oxidation sites excluding steroid dienone is 2. The van der Waals surface area contributed by atoms with Crippen molar-refractivity contribution < 1.29 is 9.18 Å². The van der Waals surface area contributed by atoms with Crippen molar-refractivity contribution in [3.8, 4) is 0 Å². The lowest BCUT2D eigenvalue weighted by Gasteiger charge is -2.19. The van der Waals surface area contributed by atoms with Crippen LogP contribution in [0.25, 0.3) is 0 Å². The van der Waals surface area contributed by atoms with Crippen LogP contribution in [0.4, 0.5) is 4.39 Å². The largest absolute Gasteiger partial charge is 0.316 e. The van der Waals surface area contributed by atoms with Crippen LogP contribution in [0.15, 0.2) is 36.0 Å². The monoisotopic (exact) mass is 263 g/mol. The molecule has 0 aliphatic rings. The molecule has 0 bridgehead atoms. The molecule has 0 aliphatic heterocycles. The fraction of sp³-hybridized carbons (Fsp3) is 0.438. The molecular formula is C16H22FNO. The smallest absolute Gasteiger partial charge is 0.257 e. The molecular weight excluding hydrogens is 241 g/mol. The summed E-state index contributed by atoms with van der Waals surface area (Å²) in [4.78, 5) is 13.8. The second-order valence-corrected chi connectivity index (χ2v) is 4.95. The Morgan fingerprint density at radius 2 is 1.95 bits per heavy atom. The van der Waals surface area contributed by atoms with Crippen molar-refractivity contribution in [1.82, 2.24) is 4.90 Å². The molecule has 0 radical (unpaired) electrons. The normalized spacial score (nSPS) is 13.2. The molecule has 0 aliphatic carbocycles. The first-order valence-electron chi connectivity index (χ1n) is 6.67. The van der Waals surface area contributed by atoms with Crippen molar-refractivity contribution in [2.75, 3.05) is 7.05 Å². The Bertz CT molecular complexity index is 450. The Morgan fingerprint density at radius 1 is 1.37 bits per heavy atom. The standard InChI is InChI=1S/C16H22FNO/c1-5-6-12(2)11-13(3)18(4)16(19)14-7-9-15(17)10-8-14/h7-12H,5-6H2,1-4H3. The number of rotatable bonds is 5. The average Bonchev–Trinajstić information content (AvgIpc) is 2.38. The molecule has 1 rings (SSSR count). The number of benzene rings is 1. The lowest BCUT2D eigenvalue weighted by atomic mass is 10.0. The molecule has 104 valence electrons. The minimum absolute atomic E-state index is 0.113. The second kappa shape index (κ2) is 7.07. The highest BCUT2D eigenvalue weighted by atomic mass is 19.1. The van der Waals surface area contributed by atoms with Gasteiger partial charge in [0.25, 0.3) is 5.91 Å². The maximum Gasteiger partial charge on any atom is 0.257 e. The van der Waals surface area contributed by atoms with E-state index in [0.29, 0.717) is 11.5 Å². The summed E-state index contributed by atoms with van der Waals surface area (Å²) in [5, 5.41) is 0. The number of hydrogen-bond donors (Lipinski definition) is 0. The molecule has 19 heavy (non-hydrogen) atoms. The average molecular weight is 263 g/mol. The lowest BCUT2D eigenvalue weighted by molar-refractivity contribution is 0.0835. The van der Waals surface area contributed by atoms with E-state index in [2.05, 4.69) is 19.9 Å². The van der Waals surface area contributed by atoms with E-state index in [1.165, 1.54) is 24.3 Å². The molecule has 2 nitrogen and oxygen atoms in total. The fourth-order valence-electron chi connectivity index (χ4n) is 2.01. The summed E-state index contributed by atoms with van der Waals surface area (Å²) >= 11 is 0. The third kappa shape index (κ3) is 4.51. The summed E-state index contributed by atoms with van der Waals surface area (Å²) in [6.45, 7) is 6.21. The minimum Gasteiger partial charge on any atom is -0.316 e. The lowest BCUT2D eigenvalue weighted by Crippen LogP contribution is -2.25. The third-order valence-electron chi connectivity index (χ3n) is 3.19. The fourth-order valence-corrected chi connectivity index (χ4v) is 2.01. The summed E-state index contributed by atoms with van der Waals surface area (Å²) < 4.78 is 12.8. The quantitative estimate of drug-likeness (QED) is 0.778. The van der Waals surface area contributed by atoms with E-state index in [1.807, 2.05) is 6.92 Å². The summed E-state index contributed by atoms with van der Waals surface area (Å²) in [6.07, 6.45) is 4.33. The first kappa shape index (κ1) is 15.4. The van der Waals surface area contributed by atoms with Gasteiger partial charge in [0.1, 0.15) is 5.82 Å². The maximum atomic E-state index is 12.8. The molecule has 1 aromatic rings. The zero-order valence-corrected chi connectivity index (χ0v) is 12.1. The maximum absolute atomic E-state index is 12.8. The van der Waals surface area contributed by atoms with Crippen LogP contribution in [0, 0.1) is 11.7 Å². The first-order chi connectivity index (χ1) is 8.95. The van der Waals surface area contributed by atoms with Crippen LogP contribution < -0.4 is 0 Å². The Morgan fingerprint density at radius 3 is 2.47 bits per heavy atom. The van der Waals surface area contributed by atoms with Gasteiger partial charge in [-0.05, 0) is 43.5 Å². The van der Waals surface area contributed by atoms with Crippen LogP contribution in [-0.2, 0) is 0 Å². The molecule has 0 spiro atoms. The number of carbonyl (C=O) groups is 1. The van der Waals surface area contributed by atoms with E-state index in [9.17, 15) is 9.18 Å². The van der Waals surface area contributed by atoms with Gasteiger partial charge in [0, 0.05) is 18.3 Å². The molecule has 3 heteroatoms. The predicted molar refractivity (Wildman–Crippen MR) is 76.3 cm³/mol. The van der Waals surface area contributed by atoms with Gasteiger partial charge in [-0.1, -0.05) is 26.3 Å². The van der Waals surface area contributed by atoms with E-state index < -0.39 is 0 Å². The molecule has 1 unspecified atom stereocenters. The summed E-state index contributed by atoms with van der Waals surface area (Å²) in [6, 6.07) is 5.63. The van der Waals surface area contributed by atoms with Crippen LogP contribution in [0.2, 0.25) is 0 Å². The Labute approximate surface area is 114 Å². The Hall–Kier alpha value is -1.64. The zero-order chi connectivity index (χ0) is 14.4. The topological polar surface area (TPSA) is 20.3 Å². The van der Waals surface area contributed by atoms with Gasteiger partial charge in [-0.2, -0.15) is 0 Å². The molecule has 1 atom stereocenters. The van der Waals surface area contributed by atoms with Crippen molar-refractivity contribution in [3.05, 3.63) is 47.4 Å². The van der Waals surface area contributed by atoms with Gasteiger partial charge >= 0.3 is 0 Å². The van der Waals surface area contributed by atoms with Crippen LogP contribution in [0.5, 0.6) is 0 Å². The van der Waals surface area contributed by atoms with Gasteiger partial charge in [0.15, 0.2) is 0 Å². The zero-order valence-electron chi connectivity index (χ0n) is 12.1. The number of hydrogen-bond acceptors (Lipinski definition) is 1. The molecule has 0 aromatic heterocycles. The minimum atomic E-state index is -0.331. The van der Waals surface area contributed by atoms with Gasteiger partial charge in [0.2, 0.25) is 0 Å². The molecule has 1 amide bonds. The van der Waals surface area contributed by atoms with E-state index in [1.54, 1.807) is 11.9 Å². The number of carbonyl (C=O) groups excluding carboxylic acids is 1. The molecule has 0 saturated carbocycles. The highest BCUT2D eigenvalue weighted by Crippen LogP contribution is 2.14. The van der Waals surface area contributed by atoms with Gasteiger partial charge in [-0.3, -0.25) is 4.79 Å². The highest BCUT2D eigenvalue weighted by molar-refractivity contribution is 5.95. The van der Waals surface area contributed by atoms with Crippen molar-refractivity contribution in [3.63, 3.8) is 0 Å². The summed E-state index contributed by atoms with van der Waals surface area (Å²) in [7, 11) is 1.75. The molecule has 0 fully saturated rings. The van der Waals surface area contributed by atoms with E-state index in [0.717, 1.165) is 18.5 Å². The summed E-state index contributed by atoms with van der Waals surface area (Å²) in [5.41, 5.74) is 1.43. The Balaban J connectivity index is 2.79. The van der Waals surface area contributed by atoms with Crippen molar-refractivity contribution in [1.29, 1.82) is 0 Å². The van der Waals surface area contributed by atoms with E-state index in [-0.39, 0.29) is 11.7 Å². The number of halogens is 1. The number of amides is 1. The third-order valence-corrected chi connectivity index (χ3v) is 3.19. The Kier molecular flexibility index (Phi) is 5.74. The van der Waals surface area contributed by atoms with Gasteiger partial charge < -0.3 is 4.90 Å². The van der Waals surface area contributed by atoms with E-state index >= 15 is 0 Å².